The summed E-state index contributed by atoms with van der Waals surface area (Å²) in [6, 6.07) is 14.1. The average Bonchev–Trinajstić information content (AvgIpc) is 3.09. The predicted octanol–water partition coefficient (Wildman–Crippen LogP) is 6.02. The molecule has 3 rings (SSSR count). The molecular formula is C21H21BrN2O2S. The highest BCUT2D eigenvalue weighted by Gasteiger charge is 2.11. The predicted molar refractivity (Wildman–Crippen MR) is 115 cm³/mol. The van der Waals surface area contributed by atoms with Crippen LogP contribution in [-0.4, -0.2) is 17.5 Å². The maximum Gasteiger partial charge on any atom is 0.264 e. The standard InChI is InChI=1S/C21H21BrN2O2S/c1-13(2)16-8-9-19(17(22)10-16)26-11-20(25)24-21-23-18(12-27-21)15-6-4-14(3)5-7-15/h4-10,12-13H,11H2,1-3H3,(H,23,24,25). The number of ether oxygens (including phenoxy) is 1. The van der Waals surface area contributed by atoms with E-state index in [2.05, 4.69) is 40.1 Å². The Kier molecular flexibility index (Phi) is 6.29. The van der Waals surface area contributed by atoms with Crippen molar-refractivity contribution in [2.75, 3.05) is 11.9 Å². The first-order valence-electron chi connectivity index (χ1n) is 8.67. The number of halogens is 1. The van der Waals surface area contributed by atoms with Crippen LogP contribution in [-0.2, 0) is 4.79 Å². The number of nitrogens with zero attached hydrogens (tertiary/aromatic N) is 1. The molecule has 0 saturated heterocycles. The lowest BCUT2D eigenvalue weighted by Crippen LogP contribution is -2.20. The molecule has 1 aromatic heterocycles. The van der Waals surface area contributed by atoms with Crippen molar-refractivity contribution in [3.8, 4) is 17.0 Å². The molecule has 0 saturated carbocycles. The van der Waals surface area contributed by atoms with Crippen LogP contribution in [0.4, 0.5) is 5.13 Å². The zero-order chi connectivity index (χ0) is 19.4. The highest BCUT2D eigenvalue weighted by atomic mass is 79.9. The van der Waals surface area contributed by atoms with Crippen LogP contribution in [0.5, 0.6) is 5.75 Å². The zero-order valence-electron chi connectivity index (χ0n) is 15.5. The van der Waals surface area contributed by atoms with Gasteiger partial charge in [0.2, 0.25) is 0 Å². The van der Waals surface area contributed by atoms with Gasteiger partial charge in [-0.2, -0.15) is 0 Å². The summed E-state index contributed by atoms with van der Waals surface area (Å²) in [6.07, 6.45) is 0. The Morgan fingerprint density at radius 1 is 1.22 bits per heavy atom. The van der Waals surface area contributed by atoms with E-state index in [0.717, 1.165) is 15.7 Å². The van der Waals surface area contributed by atoms with Crippen LogP contribution in [0.25, 0.3) is 11.3 Å². The van der Waals surface area contributed by atoms with Crippen molar-refractivity contribution in [3.63, 3.8) is 0 Å². The topological polar surface area (TPSA) is 51.2 Å². The van der Waals surface area contributed by atoms with Crippen molar-refractivity contribution in [2.45, 2.75) is 26.7 Å². The van der Waals surface area contributed by atoms with Gasteiger partial charge in [-0.3, -0.25) is 10.1 Å². The third-order valence-electron chi connectivity index (χ3n) is 4.08. The number of carbonyl (C=O) groups excluding carboxylic acids is 1. The van der Waals surface area contributed by atoms with Crippen molar-refractivity contribution >= 4 is 38.3 Å². The number of thiazole rings is 1. The van der Waals surface area contributed by atoms with Crippen molar-refractivity contribution in [1.29, 1.82) is 0 Å². The fraction of sp³-hybridized carbons (Fsp3) is 0.238. The molecule has 0 radical (unpaired) electrons. The summed E-state index contributed by atoms with van der Waals surface area (Å²) in [5, 5.41) is 5.29. The molecule has 4 nitrogen and oxygen atoms in total. The number of rotatable bonds is 6. The summed E-state index contributed by atoms with van der Waals surface area (Å²) >= 11 is 4.90. The Hall–Kier alpha value is -2.18. The average molecular weight is 445 g/mol. The molecule has 0 unspecified atom stereocenters. The quantitative estimate of drug-likeness (QED) is 0.505. The summed E-state index contributed by atoms with van der Waals surface area (Å²) < 4.78 is 6.47. The molecule has 3 aromatic rings. The smallest absolute Gasteiger partial charge is 0.264 e. The van der Waals surface area contributed by atoms with Gasteiger partial charge in [0, 0.05) is 10.9 Å². The second-order valence-corrected chi connectivity index (χ2v) is 8.30. The van der Waals surface area contributed by atoms with Crippen molar-refractivity contribution in [2.24, 2.45) is 0 Å². The first kappa shape index (κ1) is 19.6. The van der Waals surface area contributed by atoms with Gasteiger partial charge in [0.05, 0.1) is 10.2 Å². The number of aromatic nitrogens is 1. The molecule has 1 amide bonds. The molecule has 0 aliphatic rings. The van der Waals surface area contributed by atoms with E-state index in [0.29, 0.717) is 16.8 Å². The lowest BCUT2D eigenvalue weighted by Gasteiger charge is -2.11. The molecule has 0 fully saturated rings. The van der Waals surface area contributed by atoms with E-state index in [1.54, 1.807) is 0 Å². The minimum atomic E-state index is -0.236. The highest BCUT2D eigenvalue weighted by Crippen LogP contribution is 2.29. The molecule has 0 bridgehead atoms. The number of nitrogens with one attached hydrogen (secondary N) is 1. The fourth-order valence-corrected chi connectivity index (χ4v) is 3.73. The Balaban J connectivity index is 1.58. The third-order valence-corrected chi connectivity index (χ3v) is 5.46. The monoisotopic (exact) mass is 444 g/mol. The molecule has 2 aromatic carbocycles. The summed E-state index contributed by atoms with van der Waals surface area (Å²) in [7, 11) is 0. The SMILES string of the molecule is Cc1ccc(-c2csc(NC(=O)COc3ccc(C(C)C)cc3Br)n2)cc1. The Labute approximate surface area is 171 Å². The fourth-order valence-electron chi connectivity index (χ4n) is 2.48. The minimum absolute atomic E-state index is 0.0704. The zero-order valence-corrected chi connectivity index (χ0v) is 17.9. The molecule has 0 spiro atoms. The van der Waals surface area contributed by atoms with Crippen LogP contribution in [0.1, 0.15) is 30.9 Å². The van der Waals surface area contributed by atoms with E-state index in [1.807, 2.05) is 54.8 Å². The number of benzene rings is 2. The number of amides is 1. The van der Waals surface area contributed by atoms with E-state index >= 15 is 0 Å². The second-order valence-electron chi connectivity index (χ2n) is 6.59. The minimum Gasteiger partial charge on any atom is -0.483 e. The van der Waals surface area contributed by atoms with Crippen LogP contribution in [0.2, 0.25) is 0 Å². The van der Waals surface area contributed by atoms with Gasteiger partial charge in [0.25, 0.3) is 5.91 Å². The summed E-state index contributed by atoms with van der Waals surface area (Å²) in [4.78, 5) is 16.7. The summed E-state index contributed by atoms with van der Waals surface area (Å²) in [5.74, 6) is 0.847. The van der Waals surface area contributed by atoms with Crippen molar-refractivity contribution in [1.82, 2.24) is 4.98 Å². The first-order chi connectivity index (χ1) is 12.9. The second kappa shape index (κ2) is 8.67. The lowest BCUT2D eigenvalue weighted by atomic mass is 10.0. The van der Waals surface area contributed by atoms with Crippen molar-refractivity contribution in [3.05, 3.63) is 63.4 Å². The number of aryl methyl sites for hydroxylation is 1. The molecule has 0 atom stereocenters. The van der Waals surface area contributed by atoms with Gasteiger partial charge >= 0.3 is 0 Å². The maximum atomic E-state index is 12.2. The number of hydrogen-bond donors (Lipinski definition) is 1. The van der Waals surface area contributed by atoms with E-state index < -0.39 is 0 Å². The van der Waals surface area contributed by atoms with E-state index in [4.69, 9.17) is 4.74 Å². The van der Waals surface area contributed by atoms with Gasteiger partial charge in [0.15, 0.2) is 11.7 Å². The van der Waals surface area contributed by atoms with E-state index in [1.165, 1.54) is 22.5 Å². The Bertz CT molecular complexity index is 936. The normalized spacial score (nSPS) is 10.9. The Morgan fingerprint density at radius 2 is 1.96 bits per heavy atom. The van der Waals surface area contributed by atoms with Gasteiger partial charge in [-0.15, -0.1) is 11.3 Å². The van der Waals surface area contributed by atoms with Gasteiger partial charge < -0.3 is 4.74 Å². The molecule has 6 heteroatoms. The van der Waals surface area contributed by atoms with Gasteiger partial charge in [-0.05, 0) is 46.5 Å². The van der Waals surface area contributed by atoms with Crippen molar-refractivity contribution < 1.29 is 9.53 Å². The molecule has 0 aliphatic carbocycles. The lowest BCUT2D eigenvalue weighted by molar-refractivity contribution is -0.118. The maximum absolute atomic E-state index is 12.2. The summed E-state index contributed by atoms with van der Waals surface area (Å²) in [5.41, 5.74) is 4.29. The highest BCUT2D eigenvalue weighted by molar-refractivity contribution is 9.10. The largest absolute Gasteiger partial charge is 0.483 e. The molecular weight excluding hydrogens is 424 g/mol. The number of hydrogen-bond acceptors (Lipinski definition) is 4. The van der Waals surface area contributed by atoms with Gasteiger partial charge in [-0.1, -0.05) is 49.7 Å². The van der Waals surface area contributed by atoms with Gasteiger partial charge in [0.1, 0.15) is 5.75 Å². The van der Waals surface area contributed by atoms with E-state index in [-0.39, 0.29) is 12.5 Å². The van der Waals surface area contributed by atoms with Gasteiger partial charge in [-0.25, -0.2) is 4.98 Å². The molecule has 140 valence electrons. The van der Waals surface area contributed by atoms with E-state index in [9.17, 15) is 4.79 Å². The first-order valence-corrected chi connectivity index (χ1v) is 10.3. The molecule has 1 heterocycles. The van der Waals surface area contributed by atoms with Crippen LogP contribution in [0, 0.1) is 6.92 Å². The molecule has 1 N–H and O–H groups in total. The summed E-state index contributed by atoms with van der Waals surface area (Å²) in [6.45, 7) is 6.24. The Morgan fingerprint density at radius 3 is 2.63 bits per heavy atom. The number of anilines is 1. The number of carbonyl (C=O) groups is 1. The van der Waals surface area contributed by atoms with Crippen LogP contribution >= 0.6 is 27.3 Å². The van der Waals surface area contributed by atoms with Crippen LogP contribution in [0.15, 0.2) is 52.3 Å². The van der Waals surface area contributed by atoms with Crippen LogP contribution in [0.3, 0.4) is 0 Å². The van der Waals surface area contributed by atoms with Crippen LogP contribution < -0.4 is 10.1 Å². The molecule has 0 aliphatic heterocycles. The third kappa shape index (κ3) is 5.17. The molecule has 27 heavy (non-hydrogen) atoms.